The smallest absolute Gasteiger partial charge is 0.407 e. The van der Waals surface area contributed by atoms with Crippen LogP contribution in [0, 0.1) is 30.5 Å². The molecule has 0 radical (unpaired) electrons. The Hall–Kier alpha value is -2.02. The molecular weight excluding hydrogens is 221 g/mol. The van der Waals surface area contributed by atoms with Gasteiger partial charge in [-0.3, -0.25) is 0 Å². The van der Waals surface area contributed by atoms with Crippen LogP contribution in [-0.4, -0.2) is 29.2 Å². The fourth-order valence-electron chi connectivity index (χ4n) is 1.63. The van der Waals surface area contributed by atoms with Crippen molar-refractivity contribution in [2.75, 3.05) is 13.1 Å². The van der Waals surface area contributed by atoms with Crippen molar-refractivity contribution < 1.29 is 14.3 Å². The lowest BCUT2D eigenvalue weighted by molar-refractivity contribution is 0.0999. The molecule has 1 aliphatic rings. The lowest BCUT2D eigenvalue weighted by Gasteiger charge is -2.33. The minimum Gasteiger partial charge on any atom is -0.465 e. The highest BCUT2D eigenvalue weighted by Gasteiger charge is 2.28. The van der Waals surface area contributed by atoms with Gasteiger partial charge in [0.05, 0.1) is 11.5 Å². The molecule has 2 rings (SSSR count). The Morgan fingerprint density at radius 3 is 2.82 bits per heavy atom. The van der Waals surface area contributed by atoms with Gasteiger partial charge < -0.3 is 10.0 Å². The average Bonchev–Trinajstić information content (AvgIpc) is 2.17. The Labute approximate surface area is 98.9 Å². The van der Waals surface area contributed by atoms with Crippen LogP contribution in [0.15, 0.2) is 18.2 Å². The van der Waals surface area contributed by atoms with Crippen molar-refractivity contribution in [3.05, 3.63) is 35.1 Å². The summed E-state index contributed by atoms with van der Waals surface area (Å²) in [4.78, 5) is 11.8. The second-order valence-electron chi connectivity index (χ2n) is 4.14. The van der Waals surface area contributed by atoms with Crippen LogP contribution in [0.4, 0.5) is 9.18 Å². The SMILES string of the molecule is Cc1ccc(C#CC2CN(C(=O)O)C2)c(F)c1. The number of hydrogen-bond acceptors (Lipinski definition) is 1. The van der Waals surface area contributed by atoms with Crippen molar-refractivity contribution in [2.45, 2.75) is 6.92 Å². The molecule has 1 amide bonds. The van der Waals surface area contributed by atoms with Gasteiger partial charge in [-0.25, -0.2) is 9.18 Å². The highest BCUT2D eigenvalue weighted by atomic mass is 19.1. The number of halogens is 1. The zero-order valence-electron chi connectivity index (χ0n) is 9.40. The molecule has 3 nitrogen and oxygen atoms in total. The predicted octanol–water partition coefficient (Wildman–Crippen LogP) is 2.10. The lowest BCUT2D eigenvalue weighted by Crippen LogP contribution is -2.48. The third kappa shape index (κ3) is 2.56. The van der Waals surface area contributed by atoms with E-state index in [4.69, 9.17) is 5.11 Å². The van der Waals surface area contributed by atoms with Crippen LogP contribution < -0.4 is 0 Å². The van der Waals surface area contributed by atoms with Crippen LogP contribution >= 0.6 is 0 Å². The molecule has 0 bridgehead atoms. The number of hydrogen-bond donors (Lipinski definition) is 1. The van der Waals surface area contributed by atoms with Crippen LogP contribution in [0.25, 0.3) is 0 Å². The second kappa shape index (κ2) is 4.46. The largest absolute Gasteiger partial charge is 0.465 e. The quantitative estimate of drug-likeness (QED) is 0.697. The summed E-state index contributed by atoms with van der Waals surface area (Å²) in [6.45, 7) is 2.64. The summed E-state index contributed by atoms with van der Waals surface area (Å²) in [5.41, 5.74) is 1.22. The van der Waals surface area contributed by atoms with Crippen LogP contribution in [-0.2, 0) is 0 Å². The normalized spacial score (nSPS) is 14.8. The van der Waals surface area contributed by atoms with Gasteiger partial charge in [-0.2, -0.15) is 0 Å². The minimum absolute atomic E-state index is 0.0202. The molecule has 0 aliphatic carbocycles. The summed E-state index contributed by atoms with van der Waals surface area (Å²) < 4.78 is 13.4. The number of amides is 1. The van der Waals surface area contributed by atoms with Crippen molar-refractivity contribution >= 4 is 6.09 Å². The van der Waals surface area contributed by atoms with Gasteiger partial charge in [0.25, 0.3) is 0 Å². The summed E-state index contributed by atoms with van der Waals surface area (Å²) in [5.74, 6) is 5.34. The fourth-order valence-corrected chi connectivity index (χ4v) is 1.63. The van der Waals surface area contributed by atoms with Crippen LogP contribution in [0.1, 0.15) is 11.1 Å². The molecule has 4 heteroatoms. The van der Waals surface area contributed by atoms with E-state index in [1.807, 2.05) is 6.92 Å². The van der Waals surface area contributed by atoms with E-state index in [0.29, 0.717) is 18.7 Å². The van der Waals surface area contributed by atoms with Gasteiger partial charge in [0.15, 0.2) is 0 Å². The average molecular weight is 233 g/mol. The van der Waals surface area contributed by atoms with Crippen molar-refractivity contribution in [3.63, 3.8) is 0 Å². The third-order valence-electron chi connectivity index (χ3n) is 2.69. The van der Waals surface area contributed by atoms with Gasteiger partial charge in [-0.1, -0.05) is 17.9 Å². The van der Waals surface area contributed by atoms with Crippen molar-refractivity contribution in [1.82, 2.24) is 4.90 Å². The van der Waals surface area contributed by atoms with Gasteiger partial charge in [0.2, 0.25) is 0 Å². The highest BCUT2D eigenvalue weighted by molar-refractivity contribution is 5.66. The Balaban J connectivity index is 2.01. The Morgan fingerprint density at radius 1 is 1.53 bits per heavy atom. The molecule has 17 heavy (non-hydrogen) atoms. The number of carbonyl (C=O) groups is 1. The zero-order chi connectivity index (χ0) is 12.4. The number of benzene rings is 1. The van der Waals surface area contributed by atoms with Gasteiger partial charge in [-0.15, -0.1) is 0 Å². The Morgan fingerprint density at radius 2 is 2.24 bits per heavy atom. The maximum atomic E-state index is 13.4. The number of carboxylic acid groups (broad SMARTS) is 1. The molecule has 0 unspecified atom stereocenters. The Kier molecular flexibility index (Phi) is 3.01. The first-order valence-corrected chi connectivity index (χ1v) is 5.32. The number of likely N-dealkylation sites (tertiary alicyclic amines) is 1. The van der Waals surface area contributed by atoms with Crippen molar-refractivity contribution in [1.29, 1.82) is 0 Å². The van der Waals surface area contributed by atoms with Crippen molar-refractivity contribution in [2.24, 2.45) is 5.92 Å². The summed E-state index contributed by atoms with van der Waals surface area (Å²) in [6.07, 6.45) is -0.926. The maximum absolute atomic E-state index is 13.4. The van der Waals surface area contributed by atoms with Gasteiger partial charge >= 0.3 is 6.09 Å². The predicted molar refractivity (Wildman–Crippen MR) is 61.1 cm³/mol. The number of nitrogens with zero attached hydrogens (tertiary/aromatic N) is 1. The molecule has 1 saturated heterocycles. The van der Waals surface area contributed by atoms with Gasteiger partial charge in [0.1, 0.15) is 5.82 Å². The molecule has 1 aromatic rings. The molecule has 0 spiro atoms. The van der Waals surface area contributed by atoms with E-state index in [2.05, 4.69) is 11.8 Å². The first-order valence-electron chi connectivity index (χ1n) is 5.32. The molecule has 0 aromatic heterocycles. The highest BCUT2D eigenvalue weighted by Crippen LogP contribution is 2.15. The third-order valence-corrected chi connectivity index (χ3v) is 2.69. The van der Waals surface area contributed by atoms with E-state index >= 15 is 0 Å². The molecule has 0 saturated carbocycles. The summed E-state index contributed by atoms with van der Waals surface area (Å²) >= 11 is 0. The summed E-state index contributed by atoms with van der Waals surface area (Å²) in [6, 6.07) is 4.89. The molecule has 0 atom stereocenters. The second-order valence-corrected chi connectivity index (χ2v) is 4.14. The summed E-state index contributed by atoms with van der Waals surface area (Å²) in [7, 11) is 0. The van der Waals surface area contributed by atoms with E-state index in [-0.39, 0.29) is 11.7 Å². The Bertz CT molecular complexity index is 510. The molecule has 88 valence electrons. The van der Waals surface area contributed by atoms with Crippen LogP contribution in [0.3, 0.4) is 0 Å². The molecule has 1 heterocycles. The molecule has 1 aliphatic heterocycles. The molecular formula is C13H12FNO2. The van der Waals surface area contributed by atoms with E-state index in [1.165, 1.54) is 11.0 Å². The van der Waals surface area contributed by atoms with Crippen LogP contribution in [0.2, 0.25) is 0 Å². The topological polar surface area (TPSA) is 40.5 Å². The van der Waals surface area contributed by atoms with E-state index < -0.39 is 6.09 Å². The van der Waals surface area contributed by atoms with Gasteiger partial charge in [0, 0.05) is 13.1 Å². The molecule has 1 fully saturated rings. The fraction of sp³-hybridized carbons (Fsp3) is 0.308. The van der Waals surface area contributed by atoms with Crippen molar-refractivity contribution in [3.8, 4) is 11.8 Å². The van der Waals surface area contributed by atoms with E-state index in [1.54, 1.807) is 12.1 Å². The first kappa shape index (κ1) is 11.5. The lowest BCUT2D eigenvalue weighted by atomic mass is 10.0. The first-order chi connectivity index (χ1) is 8.06. The summed E-state index contributed by atoms with van der Waals surface area (Å²) in [5, 5.41) is 8.63. The van der Waals surface area contributed by atoms with E-state index in [9.17, 15) is 9.18 Å². The standard InChI is InChI=1S/C13H12FNO2/c1-9-2-4-11(12(14)6-9)5-3-10-7-15(8-10)13(16)17/h2,4,6,10H,7-8H2,1H3,(H,16,17). The van der Waals surface area contributed by atoms with E-state index in [0.717, 1.165) is 5.56 Å². The van der Waals surface area contributed by atoms with Crippen LogP contribution in [0.5, 0.6) is 0 Å². The zero-order valence-corrected chi connectivity index (χ0v) is 9.40. The monoisotopic (exact) mass is 233 g/mol. The molecule has 1 aromatic carbocycles. The van der Waals surface area contributed by atoms with Gasteiger partial charge in [-0.05, 0) is 24.6 Å². The number of rotatable bonds is 0. The molecule has 1 N–H and O–H groups in total. The minimum atomic E-state index is -0.926. The maximum Gasteiger partial charge on any atom is 0.407 e. The number of aryl methyl sites for hydroxylation is 1.